The summed E-state index contributed by atoms with van der Waals surface area (Å²) in [7, 11) is 0. The predicted molar refractivity (Wildman–Crippen MR) is 151 cm³/mol. The van der Waals surface area contributed by atoms with Crippen LogP contribution in [0.4, 0.5) is 10.5 Å². The second kappa shape index (κ2) is 9.71. The second-order valence-electron chi connectivity index (χ2n) is 9.84. The molecule has 1 atom stereocenters. The predicted octanol–water partition coefficient (Wildman–Crippen LogP) is 7.96. The molecule has 6 rings (SSSR count). The lowest BCUT2D eigenvalue weighted by atomic mass is 9.92. The molecule has 196 valence electrons. The van der Waals surface area contributed by atoms with Crippen LogP contribution in [0.3, 0.4) is 0 Å². The molecule has 7 nitrogen and oxygen atoms in total. The summed E-state index contributed by atoms with van der Waals surface area (Å²) in [6.45, 7) is 3.59. The van der Waals surface area contributed by atoms with Gasteiger partial charge in [-0.05, 0) is 66.5 Å². The van der Waals surface area contributed by atoms with Crippen molar-refractivity contribution in [2.75, 3.05) is 5.32 Å². The van der Waals surface area contributed by atoms with Gasteiger partial charge in [0, 0.05) is 15.6 Å². The summed E-state index contributed by atoms with van der Waals surface area (Å²) in [5, 5.41) is 19.6. The van der Waals surface area contributed by atoms with E-state index in [1.54, 1.807) is 18.3 Å². The van der Waals surface area contributed by atoms with E-state index in [4.69, 9.17) is 9.26 Å². The molecule has 1 aliphatic rings. The standard InChI is InChI=1S/C31H26N2O5S/c1-18-26(32-30(36)37-19(2)20-6-4-3-5-7-20)27(38-33-18)25-13-12-23(24-14-17-39-28(24)25)21-8-10-22(11-9-21)31(15-16-31)29(34)35/h3-14,17,19H,15-16H2,1-2H3,(H,32,36)(H,34,35). The van der Waals surface area contributed by atoms with Gasteiger partial charge in [0.2, 0.25) is 0 Å². The molecule has 2 N–H and O–H groups in total. The molecule has 39 heavy (non-hydrogen) atoms. The van der Waals surface area contributed by atoms with Crippen molar-refractivity contribution in [3.05, 3.63) is 95.0 Å². The van der Waals surface area contributed by atoms with Gasteiger partial charge in [0.15, 0.2) is 5.76 Å². The van der Waals surface area contributed by atoms with E-state index in [0.717, 1.165) is 37.9 Å². The Balaban J connectivity index is 1.29. The van der Waals surface area contributed by atoms with Crippen molar-refractivity contribution in [3.63, 3.8) is 0 Å². The molecule has 8 heteroatoms. The smallest absolute Gasteiger partial charge is 0.412 e. The molecule has 3 aromatic carbocycles. The molecule has 2 aromatic heterocycles. The van der Waals surface area contributed by atoms with Crippen molar-refractivity contribution >= 4 is 39.2 Å². The Hall–Kier alpha value is -4.43. The Bertz CT molecular complexity index is 1680. The first-order valence-corrected chi connectivity index (χ1v) is 13.6. The Labute approximate surface area is 229 Å². The van der Waals surface area contributed by atoms with Gasteiger partial charge in [-0.2, -0.15) is 0 Å². The number of ether oxygens (including phenoxy) is 1. The Morgan fingerprint density at radius 3 is 2.44 bits per heavy atom. The number of anilines is 1. The number of aromatic nitrogens is 1. The molecular weight excluding hydrogens is 512 g/mol. The molecule has 1 aliphatic carbocycles. The molecule has 2 heterocycles. The van der Waals surface area contributed by atoms with Gasteiger partial charge in [0.05, 0.1) is 5.41 Å². The summed E-state index contributed by atoms with van der Waals surface area (Å²) in [6, 6.07) is 23.4. The third-order valence-electron chi connectivity index (χ3n) is 7.41. The molecule has 0 aliphatic heterocycles. The zero-order chi connectivity index (χ0) is 27.1. The SMILES string of the molecule is Cc1noc(-c2ccc(-c3ccc(C4(C(=O)O)CC4)cc3)c3ccsc23)c1NC(=O)OC(C)c1ccccc1. The molecule has 0 radical (unpaired) electrons. The van der Waals surface area contributed by atoms with Gasteiger partial charge in [-0.25, -0.2) is 4.79 Å². The maximum Gasteiger partial charge on any atom is 0.412 e. The zero-order valence-corrected chi connectivity index (χ0v) is 22.2. The number of carbonyl (C=O) groups is 2. The van der Waals surface area contributed by atoms with Crippen LogP contribution in [0.25, 0.3) is 32.5 Å². The lowest BCUT2D eigenvalue weighted by molar-refractivity contribution is -0.140. The number of carbonyl (C=O) groups excluding carboxylic acids is 1. The minimum absolute atomic E-state index is 0.421. The van der Waals surface area contributed by atoms with E-state index >= 15 is 0 Å². The molecule has 0 saturated heterocycles. The number of carboxylic acids is 1. The van der Waals surface area contributed by atoms with E-state index in [0.29, 0.717) is 30.0 Å². The van der Waals surface area contributed by atoms with Gasteiger partial charge in [0.1, 0.15) is 17.5 Å². The highest BCUT2D eigenvalue weighted by molar-refractivity contribution is 7.17. The van der Waals surface area contributed by atoms with Crippen molar-refractivity contribution < 1.29 is 24.0 Å². The number of carboxylic acid groups (broad SMARTS) is 1. The van der Waals surface area contributed by atoms with Gasteiger partial charge in [-0.1, -0.05) is 65.8 Å². The minimum atomic E-state index is -0.759. The average molecular weight is 539 g/mol. The van der Waals surface area contributed by atoms with Gasteiger partial charge in [-0.15, -0.1) is 11.3 Å². The number of hydrogen-bond acceptors (Lipinski definition) is 6. The highest BCUT2D eigenvalue weighted by atomic mass is 32.1. The van der Waals surface area contributed by atoms with E-state index in [1.807, 2.05) is 79.0 Å². The van der Waals surface area contributed by atoms with Crippen LogP contribution in [0.5, 0.6) is 0 Å². The van der Waals surface area contributed by atoms with Crippen molar-refractivity contribution in [2.45, 2.75) is 38.2 Å². The van der Waals surface area contributed by atoms with Crippen LogP contribution in [0, 0.1) is 6.92 Å². The summed E-state index contributed by atoms with van der Waals surface area (Å²) in [5.41, 5.74) is 4.88. The summed E-state index contributed by atoms with van der Waals surface area (Å²) in [5.74, 6) is -0.298. The largest absolute Gasteiger partial charge is 0.481 e. The summed E-state index contributed by atoms with van der Waals surface area (Å²) < 4.78 is 12.3. The molecular formula is C31H26N2O5S. The fourth-order valence-electron chi connectivity index (χ4n) is 5.00. The van der Waals surface area contributed by atoms with Crippen LogP contribution >= 0.6 is 11.3 Å². The van der Waals surface area contributed by atoms with Gasteiger partial charge in [-0.3, -0.25) is 10.1 Å². The minimum Gasteiger partial charge on any atom is -0.481 e. The van der Waals surface area contributed by atoms with Gasteiger partial charge >= 0.3 is 12.1 Å². The molecule has 1 unspecified atom stereocenters. The van der Waals surface area contributed by atoms with Crippen molar-refractivity contribution in [1.29, 1.82) is 0 Å². The molecule has 0 bridgehead atoms. The van der Waals surface area contributed by atoms with Gasteiger partial charge in [0.25, 0.3) is 0 Å². The monoisotopic (exact) mass is 538 g/mol. The Morgan fingerprint density at radius 2 is 1.74 bits per heavy atom. The molecule has 1 saturated carbocycles. The normalized spacial score (nSPS) is 14.6. The number of aliphatic carboxylic acids is 1. The van der Waals surface area contributed by atoms with Gasteiger partial charge < -0.3 is 14.4 Å². The first-order chi connectivity index (χ1) is 18.9. The number of aryl methyl sites for hydroxylation is 1. The maximum atomic E-state index is 12.8. The zero-order valence-electron chi connectivity index (χ0n) is 21.4. The third-order valence-corrected chi connectivity index (χ3v) is 8.36. The van der Waals surface area contributed by atoms with E-state index < -0.39 is 23.6 Å². The number of amides is 1. The summed E-state index contributed by atoms with van der Waals surface area (Å²) >= 11 is 1.57. The number of fused-ring (bicyclic) bond motifs is 1. The van der Waals surface area contributed by atoms with E-state index in [9.17, 15) is 14.7 Å². The van der Waals surface area contributed by atoms with Crippen LogP contribution < -0.4 is 5.32 Å². The number of nitrogens with zero attached hydrogens (tertiary/aromatic N) is 1. The van der Waals surface area contributed by atoms with Crippen molar-refractivity contribution in [1.82, 2.24) is 5.16 Å². The molecule has 0 spiro atoms. The van der Waals surface area contributed by atoms with E-state index in [2.05, 4.69) is 16.5 Å². The number of nitrogens with one attached hydrogen (secondary N) is 1. The quantitative estimate of drug-likeness (QED) is 0.218. The first kappa shape index (κ1) is 24.9. The summed E-state index contributed by atoms with van der Waals surface area (Å²) in [6.07, 6.45) is 0.343. The fraction of sp³-hybridized carbons (Fsp3) is 0.194. The second-order valence-corrected chi connectivity index (χ2v) is 10.8. The van der Waals surface area contributed by atoms with Crippen LogP contribution in [0.2, 0.25) is 0 Å². The van der Waals surface area contributed by atoms with Crippen molar-refractivity contribution in [3.8, 4) is 22.5 Å². The Kier molecular flexibility index (Phi) is 6.19. The van der Waals surface area contributed by atoms with E-state index in [1.165, 1.54) is 0 Å². The number of thiophene rings is 1. The third kappa shape index (κ3) is 4.46. The highest BCUT2D eigenvalue weighted by Gasteiger charge is 2.51. The molecule has 1 amide bonds. The number of rotatable bonds is 7. The van der Waals surface area contributed by atoms with Crippen LogP contribution in [0.15, 0.2) is 82.7 Å². The van der Waals surface area contributed by atoms with Crippen molar-refractivity contribution in [2.24, 2.45) is 0 Å². The maximum absolute atomic E-state index is 12.8. The summed E-state index contributed by atoms with van der Waals surface area (Å²) in [4.78, 5) is 24.5. The number of hydrogen-bond donors (Lipinski definition) is 2. The highest BCUT2D eigenvalue weighted by Crippen LogP contribution is 2.49. The lowest BCUT2D eigenvalue weighted by Gasteiger charge is -2.14. The Morgan fingerprint density at radius 1 is 1.03 bits per heavy atom. The van der Waals surface area contributed by atoms with Crippen LogP contribution in [-0.4, -0.2) is 22.3 Å². The fourth-order valence-corrected chi connectivity index (χ4v) is 5.93. The molecule has 1 fully saturated rings. The average Bonchev–Trinajstić information content (AvgIpc) is 3.49. The molecule has 5 aromatic rings. The topological polar surface area (TPSA) is 102 Å². The lowest BCUT2D eigenvalue weighted by Crippen LogP contribution is -2.19. The van der Waals surface area contributed by atoms with Crippen LogP contribution in [-0.2, 0) is 14.9 Å². The van der Waals surface area contributed by atoms with E-state index in [-0.39, 0.29) is 0 Å². The van der Waals surface area contributed by atoms with Crippen LogP contribution in [0.1, 0.15) is 42.7 Å². The first-order valence-electron chi connectivity index (χ1n) is 12.7. The number of benzene rings is 3.